The number of amides is 1. The monoisotopic (exact) mass is 246 g/mol. The third-order valence-corrected chi connectivity index (χ3v) is 3.78. The van der Waals surface area contributed by atoms with Crippen LogP contribution in [-0.4, -0.2) is 11.4 Å². The molecule has 0 saturated heterocycles. The van der Waals surface area contributed by atoms with Gasteiger partial charge >= 0.3 is 0 Å². The third-order valence-electron chi connectivity index (χ3n) is 3.78. The van der Waals surface area contributed by atoms with Gasteiger partial charge in [-0.3, -0.25) is 4.79 Å². The molecule has 0 unspecified atom stereocenters. The van der Waals surface area contributed by atoms with Crippen LogP contribution in [0.15, 0.2) is 24.3 Å². The number of carbonyl (C=O) groups is 1. The minimum absolute atomic E-state index is 0.0427. The van der Waals surface area contributed by atoms with Crippen LogP contribution in [0.4, 0.5) is 0 Å². The minimum atomic E-state index is -0.240. The quantitative estimate of drug-likeness (QED) is 0.857. The van der Waals surface area contributed by atoms with Gasteiger partial charge < -0.3 is 11.1 Å². The van der Waals surface area contributed by atoms with Crippen LogP contribution in [-0.2, 0) is 4.79 Å². The van der Waals surface area contributed by atoms with Gasteiger partial charge in [-0.25, -0.2) is 0 Å². The topological polar surface area (TPSA) is 55.1 Å². The average Bonchev–Trinajstić information content (AvgIpc) is 2.26. The van der Waals surface area contributed by atoms with Gasteiger partial charge in [-0.05, 0) is 38.7 Å². The standard InChI is InChI=1S/C15H22N2O/c1-11-5-3-6-13(9-11)12(2)17-14(18)10-15(16)7-4-8-15/h3,5-6,9,12H,4,7-8,10,16H2,1-2H3,(H,17,18)/t12-/m0/s1. The van der Waals surface area contributed by atoms with Crippen molar-refractivity contribution in [2.24, 2.45) is 5.73 Å². The number of nitrogens with one attached hydrogen (secondary N) is 1. The molecule has 0 heterocycles. The molecule has 0 bridgehead atoms. The van der Waals surface area contributed by atoms with Gasteiger partial charge in [-0.2, -0.15) is 0 Å². The second kappa shape index (κ2) is 5.11. The van der Waals surface area contributed by atoms with Crippen LogP contribution in [0.2, 0.25) is 0 Å². The Morgan fingerprint density at radius 1 is 1.50 bits per heavy atom. The molecule has 2 rings (SSSR count). The van der Waals surface area contributed by atoms with Gasteiger partial charge in [0, 0.05) is 12.0 Å². The molecular weight excluding hydrogens is 224 g/mol. The van der Waals surface area contributed by atoms with Crippen molar-refractivity contribution >= 4 is 5.91 Å². The van der Waals surface area contributed by atoms with Gasteiger partial charge in [0.2, 0.25) is 5.91 Å². The van der Waals surface area contributed by atoms with Gasteiger partial charge in [0.05, 0.1) is 6.04 Å². The van der Waals surface area contributed by atoms with Gasteiger partial charge in [0.25, 0.3) is 0 Å². The van der Waals surface area contributed by atoms with Crippen LogP contribution < -0.4 is 11.1 Å². The van der Waals surface area contributed by atoms with Gasteiger partial charge in [0.15, 0.2) is 0 Å². The average molecular weight is 246 g/mol. The molecule has 1 fully saturated rings. The fourth-order valence-electron chi connectivity index (χ4n) is 2.44. The molecule has 98 valence electrons. The molecule has 1 saturated carbocycles. The maximum Gasteiger partial charge on any atom is 0.222 e. The highest BCUT2D eigenvalue weighted by atomic mass is 16.1. The fraction of sp³-hybridized carbons (Fsp3) is 0.533. The van der Waals surface area contributed by atoms with Crippen molar-refractivity contribution in [2.75, 3.05) is 0 Å². The summed E-state index contributed by atoms with van der Waals surface area (Å²) in [4.78, 5) is 11.9. The van der Waals surface area contributed by atoms with Gasteiger partial charge in [-0.1, -0.05) is 29.8 Å². The zero-order valence-corrected chi connectivity index (χ0v) is 11.2. The van der Waals surface area contributed by atoms with E-state index in [1.807, 2.05) is 19.1 Å². The zero-order chi connectivity index (χ0) is 13.2. The molecule has 1 aliphatic rings. The summed E-state index contributed by atoms with van der Waals surface area (Å²) >= 11 is 0. The Kier molecular flexibility index (Phi) is 3.71. The van der Waals surface area contributed by atoms with Gasteiger partial charge in [0.1, 0.15) is 0 Å². The fourth-order valence-corrected chi connectivity index (χ4v) is 2.44. The Hall–Kier alpha value is -1.35. The SMILES string of the molecule is Cc1cccc([C@H](C)NC(=O)CC2(N)CCC2)c1. The number of benzene rings is 1. The molecule has 0 aliphatic heterocycles. The first-order valence-electron chi connectivity index (χ1n) is 6.63. The Labute approximate surface area is 109 Å². The van der Waals surface area contributed by atoms with E-state index in [0.717, 1.165) is 24.8 Å². The maximum atomic E-state index is 11.9. The normalized spacial score (nSPS) is 18.8. The Morgan fingerprint density at radius 2 is 2.22 bits per heavy atom. The van der Waals surface area contributed by atoms with Crippen molar-refractivity contribution in [3.05, 3.63) is 35.4 Å². The first-order chi connectivity index (χ1) is 8.48. The van der Waals surface area contributed by atoms with Crippen molar-refractivity contribution in [1.29, 1.82) is 0 Å². The smallest absolute Gasteiger partial charge is 0.222 e. The van der Waals surface area contributed by atoms with E-state index in [1.54, 1.807) is 0 Å². The van der Waals surface area contributed by atoms with E-state index in [0.29, 0.717) is 6.42 Å². The van der Waals surface area contributed by atoms with Crippen molar-refractivity contribution < 1.29 is 4.79 Å². The Morgan fingerprint density at radius 3 is 2.78 bits per heavy atom. The lowest BCUT2D eigenvalue weighted by molar-refractivity contribution is -0.123. The van der Waals surface area contributed by atoms with Crippen LogP contribution in [0.3, 0.4) is 0 Å². The Balaban J connectivity index is 1.90. The summed E-state index contributed by atoms with van der Waals surface area (Å²) in [6.07, 6.45) is 3.54. The predicted octanol–water partition coefficient (Wildman–Crippen LogP) is 2.44. The summed E-state index contributed by atoms with van der Waals surface area (Å²) in [5, 5.41) is 3.03. The van der Waals surface area contributed by atoms with E-state index >= 15 is 0 Å². The summed E-state index contributed by atoms with van der Waals surface area (Å²) < 4.78 is 0. The highest BCUT2D eigenvalue weighted by Gasteiger charge is 2.34. The summed E-state index contributed by atoms with van der Waals surface area (Å²) in [6.45, 7) is 4.07. The van der Waals surface area contributed by atoms with Crippen molar-refractivity contribution in [3.8, 4) is 0 Å². The van der Waals surface area contributed by atoms with Crippen LogP contribution in [0.25, 0.3) is 0 Å². The van der Waals surface area contributed by atoms with Crippen LogP contribution >= 0.6 is 0 Å². The highest BCUT2D eigenvalue weighted by Crippen LogP contribution is 2.32. The lowest BCUT2D eigenvalue weighted by atomic mass is 9.75. The molecule has 1 aromatic rings. The second-order valence-corrected chi connectivity index (χ2v) is 5.60. The number of hydrogen-bond acceptors (Lipinski definition) is 2. The van der Waals surface area contributed by atoms with E-state index in [1.165, 1.54) is 5.56 Å². The zero-order valence-electron chi connectivity index (χ0n) is 11.2. The molecule has 1 aliphatic carbocycles. The van der Waals surface area contributed by atoms with Crippen LogP contribution in [0.5, 0.6) is 0 Å². The molecule has 0 radical (unpaired) electrons. The summed E-state index contributed by atoms with van der Waals surface area (Å²) in [5.74, 6) is 0.0613. The molecule has 1 atom stereocenters. The van der Waals surface area contributed by atoms with E-state index in [2.05, 4.69) is 24.4 Å². The largest absolute Gasteiger partial charge is 0.350 e. The number of hydrogen-bond donors (Lipinski definition) is 2. The number of rotatable bonds is 4. The molecular formula is C15H22N2O. The molecule has 3 N–H and O–H groups in total. The molecule has 3 heteroatoms. The molecule has 1 aromatic carbocycles. The summed E-state index contributed by atoms with van der Waals surface area (Å²) in [5.41, 5.74) is 8.19. The molecule has 3 nitrogen and oxygen atoms in total. The van der Waals surface area contributed by atoms with E-state index in [-0.39, 0.29) is 17.5 Å². The first kappa shape index (κ1) is 13.1. The number of carbonyl (C=O) groups excluding carboxylic acids is 1. The minimum Gasteiger partial charge on any atom is -0.350 e. The Bertz CT molecular complexity index is 438. The summed E-state index contributed by atoms with van der Waals surface area (Å²) in [6, 6.07) is 8.26. The van der Waals surface area contributed by atoms with Crippen molar-refractivity contribution in [3.63, 3.8) is 0 Å². The van der Waals surface area contributed by atoms with Crippen LogP contribution in [0, 0.1) is 6.92 Å². The van der Waals surface area contributed by atoms with E-state index in [9.17, 15) is 4.79 Å². The van der Waals surface area contributed by atoms with Crippen molar-refractivity contribution in [1.82, 2.24) is 5.32 Å². The second-order valence-electron chi connectivity index (χ2n) is 5.60. The summed E-state index contributed by atoms with van der Waals surface area (Å²) in [7, 11) is 0. The molecule has 1 amide bonds. The van der Waals surface area contributed by atoms with Gasteiger partial charge in [-0.15, -0.1) is 0 Å². The van der Waals surface area contributed by atoms with Crippen molar-refractivity contribution in [2.45, 2.75) is 51.1 Å². The number of aryl methyl sites for hydroxylation is 1. The molecule has 0 spiro atoms. The third kappa shape index (κ3) is 3.10. The lowest BCUT2D eigenvalue weighted by Crippen LogP contribution is -2.50. The highest BCUT2D eigenvalue weighted by molar-refractivity contribution is 5.77. The van der Waals surface area contributed by atoms with E-state index in [4.69, 9.17) is 5.73 Å². The molecule has 0 aromatic heterocycles. The number of nitrogens with two attached hydrogens (primary N) is 1. The van der Waals surface area contributed by atoms with E-state index < -0.39 is 0 Å². The maximum absolute atomic E-state index is 11.9. The lowest BCUT2D eigenvalue weighted by Gasteiger charge is -2.37. The first-order valence-corrected chi connectivity index (χ1v) is 6.63. The van der Waals surface area contributed by atoms with Crippen LogP contribution in [0.1, 0.15) is 49.8 Å². The molecule has 18 heavy (non-hydrogen) atoms. The predicted molar refractivity (Wildman–Crippen MR) is 73.1 cm³/mol.